The molecule has 0 bridgehead atoms. The number of benzene rings is 1. The highest BCUT2D eigenvalue weighted by Gasteiger charge is 2.07. The molecule has 0 aliphatic rings. The summed E-state index contributed by atoms with van der Waals surface area (Å²) in [6.07, 6.45) is 3.23. The summed E-state index contributed by atoms with van der Waals surface area (Å²) < 4.78 is 11.9. The number of nitrogens with one attached hydrogen (secondary N) is 1. The third-order valence-corrected chi connectivity index (χ3v) is 5.02. The molecule has 1 N–H and O–H groups in total. The predicted octanol–water partition coefficient (Wildman–Crippen LogP) is 6.01. The van der Waals surface area contributed by atoms with Gasteiger partial charge in [-0.2, -0.15) is 11.3 Å². The average molecular weight is 414 g/mol. The second-order valence-electron chi connectivity index (χ2n) is 8.15. The summed E-state index contributed by atoms with van der Waals surface area (Å²) in [7, 11) is 0. The van der Waals surface area contributed by atoms with Crippen LogP contribution in [0.4, 0.5) is 0 Å². The molecule has 2 rings (SSSR count). The van der Waals surface area contributed by atoms with Crippen molar-refractivity contribution in [3.8, 4) is 28.7 Å². The first kappa shape index (κ1) is 23.5. The first-order chi connectivity index (χ1) is 14.0. The van der Waals surface area contributed by atoms with Crippen LogP contribution < -0.4 is 10.1 Å². The van der Waals surface area contributed by atoms with Crippen molar-refractivity contribution in [1.82, 2.24) is 5.32 Å². The average Bonchev–Trinajstić information content (AvgIpc) is 3.23. The molecule has 1 aromatic heterocycles. The lowest BCUT2D eigenvalue weighted by molar-refractivity contribution is 0.0321. The minimum Gasteiger partial charge on any atom is -0.491 e. The fourth-order valence-electron chi connectivity index (χ4n) is 2.78. The van der Waals surface area contributed by atoms with E-state index in [1.807, 2.05) is 12.1 Å². The Labute approximate surface area is 180 Å². The smallest absolute Gasteiger partial charge is 0.120 e. The third kappa shape index (κ3) is 9.99. The second-order valence-corrected chi connectivity index (χ2v) is 8.93. The lowest BCUT2D eigenvalue weighted by Gasteiger charge is -2.17. The molecule has 2 aromatic rings. The Kier molecular flexibility index (Phi) is 10.3. The predicted molar refractivity (Wildman–Crippen MR) is 125 cm³/mol. The van der Waals surface area contributed by atoms with Crippen molar-refractivity contribution in [2.75, 3.05) is 26.3 Å². The van der Waals surface area contributed by atoms with Crippen LogP contribution in [0.25, 0.3) is 11.1 Å². The zero-order chi connectivity index (χ0) is 21.0. The van der Waals surface area contributed by atoms with E-state index < -0.39 is 0 Å². The van der Waals surface area contributed by atoms with Gasteiger partial charge in [0, 0.05) is 18.4 Å². The Morgan fingerprint density at radius 3 is 2.72 bits per heavy atom. The van der Waals surface area contributed by atoms with Gasteiger partial charge in [-0.1, -0.05) is 25.0 Å². The van der Waals surface area contributed by atoms with Gasteiger partial charge in [0.2, 0.25) is 0 Å². The monoisotopic (exact) mass is 413 g/mol. The summed E-state index contributed by atoms with van der Waals surface area (Å²) in [5, 5.41) is 7.73. The van der Waals surface area contributed by atoms with Crippen LogP contribution in [0.1, 0.15) is 47.0 Å². The summed E-state index contributed by atoms with van der Waals surface area (Å²) in [6, 6.07) is 10.4. The molecule has 0 radical (unpaired) electrons. The molecule has 0 aliphatic carbocycles. The van der Waals surface area contributed by atoms with Crippen LogP contribution in [-0.4, -0.2) is 32.4 Å². The van der Waals surface area contributed by atoms with Crippen LogP contribution in [-0.2, 0) is 4.74 Å². The Balaban J connectivity index is 1.60. The highest BCUT2D eigenvalue weighted by molar-refractivity contribution is 7.08. The minimum atomic E-state index is 0.0991. The van der Waals surface area contributed by atoms with Crippen LogP contribution in [0.3, 0.4) is 0 Å². The normalized spacial score (nSPS) is 12.3. The van der Waals surface area contributed by atoms with E-state index in [0.29, 0.717) is 13.2 Å². The summed E-state index contributed by atoms with van der Waals surface area (Å²) in [5.41, 5.74) is 2.52. The van der Waals surface area contributed by atoms with Gasteiger partial charge < -0.3 is 14.8 Å². The van der Waals surface area contributed by atoms with E-state index in [9.17, 15) is 0 Å². The van der Waals surface area contributed by atoms with Crippen LogP contribution in [0, 0.1) is 17.3 Å². The summed E-state index contributed by atoms with van der Waals surface area (Å²) in [4.78, 5) is 0. The van der Waals surface area contributed by atoms with Gasteiger partial charge in [0.25, 0.3) is 0 Å². The summed E-state index contributed by atoms with van der Waals surface area (Å²) >= 11 is 1.71. The minimum absolute atomic E-state index is 0.0991. The molecule has 3 nitrogen and oxygen atoms in total. The van der Waals surface area contributed by atoms with Crippen molar-refractivity contribution in [3.63, 3.8) is 0 Å². The van der Waals surface area contributed by atoms with Crippen molar-refractivity contribution in [1.29, 1.82) is 0 Å². The molecule has 1 atom stereocenters. The molecular formula is C25H35NO2S. The van der Waals surface area contributed by atoms with Gasteiger partial charge in [-0.05, 0) is 80.2 Å². The van der Waals surface area contributed by atoms with Crippen molar-refractivity contribution in [2.24, 2.45) is 5.41 Å². The highest BCUT2D eigenvalue weighted by atomic mass is 32.1. The number of ether oxygens (including phenoxy) is 2. The number of thiophene rings is 1. The van der Waals surface area contributed by atoms with Crippen molar-refractivity contribution in [2.45, 2.75) is 53.1 Å². The molecule has 158 valence electrons. The summed E-state index contributed by atoms with van der Waals surface area (Å²) in [5.74, 6) is 7.43. The molecule has 0 saturated heterocycles. The second kappa shape index (κ2) is 12.7. The van der Waals surface area contributed by atoms with Gasteiger partial charge in [-0.3, -0.25) is 0 Å². The van der Waals surface area contributed by atoms with Crippen LogP contribution >= 0.6 is 11.3 Å². The van der Waals surface area contributed by atoms with Gasteiger partial charge >= 0.3 is 0 Å². The Morgan fingerprint density at radius 1 is 1.14 bits per heavy atom. The van der Waals surface area contributed by atoms with Crippen molar-refractivity contribution >= 4 is 11.3 Å². The molecule has 0 amide bonds. The Hall–Kier alpha value is -1.80. The van der Waals surface area contributed by atoms with Gasteiger partial charge in [0.1, 0.15) is 12.4 Å². The summed E-state index contributed by atoms with van der Waals surface area (Å²) in [6.45, 7) is 11.6. The molecule has 29 heavy (non-hydrogen) atoms. The number of rotatable bonds is 12. The molecule has 1 unspecified atom stereocenters. The molecule has 0 spiro atoms. The Morgan fingerprint density at radius 2 is 2.00 bits per heavy atom. The fourth-order valence-corrected chi connectivity index (χ4v) is 3.45. The first-order valence-corrected chi connectivity index (χ1v) is 11.5. The van der Waals surface area contributed by atoms with Gasteiger partial charge in [-0.25, -0.2) is 0 Å². The number of unbranched alkanes of at least 4 members (excludes halogenated alkanes) is 1. The van der Waals surface area contributed by atoms with E-state index in [2.05, 4.69) is 73.8 Å². The van der Waals surface area contributed by atoms with Crippen LogP contribution in [0.5, 0.6) is 5.75 Å². The Bertz CT molecular complexity index is 753. The molecule has 4 heteroatoms. The van der Waals surface area contributed by atoms with Gasteiger partial charge in [0.05, 0.1) is 12.7 Å². The van der Waals surface area contributed by atoms with Crippen LogP contribution in [0.15, 0.2) is 41.1 Å². The first-order valence-electron chi connectivity index (χ1n) is 10.6. The van der Waals surface area contributed by atoms with E-state index in [4.69, 9.17) is 9.47 Å². The molecule has 1 aromatic carbocycles. The SMILES string of the molecule is CCC(CNCCCC#CC(C)(C)C)OCCOc1cccc(-c2ccsc2)c1. The van der Waals surface area contributed by atoms with E-state index in [1.165, 1.54) is 11.1 Å². The maximum Gasteiger partial charge on any atom is 0.120 e. The zero-order valence-electron chi connectivity index (χ0n) is 18.3. The van der Waals surface area contributed by atoms with E-state index in [0.717, 1.165) is 38.1 Å². The van der Waals surface area contributed by atoms with E-state index in [-0.39, 0.29) is 11.5 Å². The molecule has 0 aliphatic heterocycles. The lowest BCUT2D eigenvalue weighted by Crippen LogP contribution is -2.30. The van der Waals surface area contributed by atoms with E-state index in [1.54, 1.807) is 11.3 Å². The lowest BCUT2D eigenvalue weighted by atomic mass is 9.98. The van der Waals surface area contributed by atoms with Crippen molar-refractivity contribution in [3.05, 3.63) is 41.1 Å². The molecule has 1 heterocycles. The topological polar surface area (TPSA) is 30.5 Å². The highest BCUT2D eigenvalue weighted by Crippen LogP contribution is 2.25. The molecule has 0 fully saturated rings. The number of hydrogen-bond donors (Lipinski definition) is 1. The van der Waals surface area contributed by atoms with E-state index >= 15 is 0 Å². The van der Waals surface area contributed by atoms with Crippen molar-refractivity contribution < 1.29 is 9.47 Å². The molecule has 0 saturated carbocycles. The quantitative estimate of drug-likeness (QED) is 0.341. The van der Waals surface area contributed by atoms with Gasteiger partial charge in [0.15, 0.2) is 0 Å². The zero-order valence-corrected chi connectivity index (χ0v) is 19.1. The maximum absolute atomic E-state index is 5.97. The fraction of sp³-hybridized carbons (Fsp3) is 0.520. The third-order valence-electron chi connectivity index (χ3n) is 4.34. The van der Waals surface area contributed by atoms with Crippen LogP contribution in [0.2, 0.25) is 0 Å². The largest absolute Gasteiger partial charge is 0.491 e. The standard InChI is InChI=1S/C25H35NO2S/c1-5-23(19-26-14-8-6-7-13-25(2,3)4)27-15-16-28-24-11-9-10-21(18-24)22-12-17-29-20-22/h9-12,17-18,20,23,26H,5-6,8,14-16,19H2,1-4H3. The maximum atomic E-state index is 5.97. The molecular weight excluding hydrogens is 378 g/mol. The van der Waals surface area contributed by atoms with Gasteiger partial charge in [-0.15, -0.1) is 5.92 Å². The number of hydrogen-bond acceptors (Lipinski definition) is 4.